The predicted molar refractivity (Wildman–Crippen MR) is 68.8 cm³/mol. The highest BCUT2D eigenvalue weighted by atomic mass is 79.9. The summed E-state index contributed by atoms with van der Waals surface area (Å²) in [4.78, 5) is 23.2. The smallest absolute Gasteiger partial charge is 0.335 e. The molecule has 0 atom stereocenters. The lowest BCUT2D eigenvalue weighted by molar-refractivity contribution is 0.0697. The Morgan fingerprint density at radius 3 is 2.63 bits per heavy atom. The number of benzene rings is 1. The summed E-state index contributed by atoms with van der Waals surface area (Å²) >= 11 is 3.13. The number of anilines is 1. The summed E-state index contributed by atoms with van der Waals surface area (Å²) in [6.45, 7) is -0.706. The molecule has 0 unspecified atom stereocenters. The van der Waals surface area contributed by atoms with E-state index in [9.17, 15) is 18.4 Å². The van der Waals surface area contributed by atoms with Gasteiger partial charge in [0.25, 0.3) is 6.43 Å². The largest absolute Gasteiger partial charge is 0.478 e. The number of aromatic carboxylic acids is 1. The third kappa shape index (κ3) is 4.47. The average molecular weight is 337 g/mol. The number of nitrogens with one attached hydrogen (secondary N) is 1. The number of nitrogens with zero attached hydrogens (tertiary/aromatic N) is 1. The summed E-state index contributed by atoms with van der Waals surface area (Å²) in [6, 6.07) is 3.29. The molecule has 0 heterocycles. The molecule has 1 aromatic rings. The fourth-order valence-electron chi connectivity index (χ4n) is 1.25. The van der Waals surface area contributed by atoms with Gasteiger partial charge in [-0.1, -0.05) is 0 Å². The topological polar surface area (TPSA) is 69.6 Å². The molecule has 0 spiro atoms. The van der Waals surface area contributed by atoms with Gasteiger partial charge in [0.15, 0.2) is 0 Å². The van der Waals surface area contributed by atoms with Crippen molar-refractivity contribution in [2.45, 2.75) is 6.43 Å². The molecule has 104 valence electrons. The van der Waals surface area contributed by atoms with Crippen LogP contribution in [0.3, 0.4) is 0 Å². The lowest BCUT2D eigenvalue weighted by Gasteiger charge is -2.18. The van der Waals surface area contributed by atoms with Gasteiger partial charge in [0.1, 0.15) is 0 Å². The maximum atomic E-state index is 12.1. The minimum atomic E-state index is -2.63. The molecule has 0 radical (unpaired) electrons. The van der Waals surface area contributed by atoms with Crippen LogP contribution in [0.1, 0.15) is 10.4 Å². The maximum absolute atomic E-state index is 12.1. The van der Waals surface area contributed by atoms with Crippen molar-refractivity contribution in [2.24, 2.45) is 0 Å². The quantitative estimate of drug-likeness (QED) is 0.888. The Labute approximate surface area is 116 Å². The van der Waals surface area contributed by atoms with Gasteiger partial charge in [0, 0.05) is 11.5 Å². The molecule has 0 saturated carbocycles. The molecule has 0 bridgehead atoms. The van der Waals surface area contributed by atoms with E-state index in [-0.39, 0.29) is 11.3 Å². The number of hydrogen-bond acceptors (Lipinski definition) is 2. The minimum Gasteiger partial charge on any atom is -0.478 e. The number of amides is 2. The molecule has 0 saturated heterocycles. The Morgan fingerprint density at radius 2 is 2.11 bits per heavy atom. The van der Waals surface area contributed by atoms with Crippen molar-refractivity contribution in [3.8, 4) is 0 Å². The van der Waals surface area contributed by atoms with Crippen molar-refractivity contribution in [2.75, 3.05) is 18.9 Å². The van der Waals surface area contributed by atoms with E-state index in [1.54, 1.807) is 0 Å². The zero-order valence-corrected chi connectivity index (χ0v) is 11.4. The summed E-state index contributed by atoms with van der Waals surface area (Å²) in [5.41, 5.74) is 0.182. The van der Waals surface area contributed by atoms with E-state index in [1.165, 1.54) is 25.2 Å². The van der Waals surface area contributed by atoms with E-state index < -0.39 is 25.0 Å². The molecule has 8 heteroatoms. The van der Waals surface area contributed by atoms with Gasteiger partial charge in [0.2, 0.25) is 0 Å². The van der Waals surface area contributed by atoms with Gasteiger partial charge in [-0.2, -0.15) is 0 Å². The zero-order valence-electron chi connectivity index (χ0n) is 9.86. The average Bonchev–Trinajstić information content (AvgIpc) is 2.30. The van der Waals surface area contributed by atoms with Crippen LogP contribution in [-0.4, -0.2) is 42.0 Å². The maximum Gasteiger partial charge on any atom is 0.335 e. The van der Waals surface area contributed by atoms with Crippen LogP contribution in [0.2, 0.25) is 0 Å². The van der Waals surface area contributed by atoms with Gasteiger partial charge in [-0.25, -0.2) is 18.4 Å². The van der Waals surface area contributed by atoms with Gasteiger partial charge in [-0.15, -0.1) is 0 Å². The number of carbonyl (C=O) groups is 2. The first kappa shape index (κ1) is 15.4. The highest BCUT2D eigenvalue weighted by molar-refractivity contribution is 9.10. The number of urea groups is 1. The van der Waals surface area contributed by atoms with Crippen LogP contribution in [0.5, 0.6) is 0 Å². The number of alkyl halides is 2. The van der Waals surface area contributed by atoms with Crippen LogP contribution < -0.4 is 5.32 Å². The highest BCUT2D eigenvalue weighted by Gasteiger charge is 2.15. The standard InChI is InChI=1S/C11H11BrF2N2O3/c1-16(5-9(13)14)11(19)15-8-4-6(10(17)18)2-3-7(8)12/h2-4,9H,5H2,1H3,(H,15,19)(H,17,18). The summed E-state index contributed by atoms with van der Waals surface area (Å²) < 4.78 is 24.7. The number of rotatable bonds is 4. The number of carbonyl (C=O) groups excluding carboxylic acids is 1. The summed E-state index contributed by atoms with van der Waals surface area (Å²) in [5, 5.41) is 11.2. The second kappa shape index (κ2) is 6.46. The number of carboxylic acids is 1. The Bertz CT molecular complexity index is 497. The van der Waals surface area contributed by atoms with E-state index >= 15 is 0 Å². The number of halogens is 3. The second-order valence-electron chi connectivity index (χ2n) is 3.70. The molecule has 5 nitrogen and oxygen atoms in total. The third-order valence-electron chi connectivity index (χ3n) is 2.21. The molecule has 0 aliphatic heterocycles. The second-order valence-corrected chi connectivity index (χ2v) is 4.56. The predicted octanol–water partition coefficient (Wildman–Crippen LogP) is 2.88. The highest BCUT2D eigenvalue weighted by Crippen LogP contribution is 2.24. The van der Waals surface area contributed by atoms with E-state index in [0.717, 1.165) is 4.90 Å². The van der Waals surface area contributed by atoms with Crippen LogP contribution in [0.4, 0.5) is 19.3 Å². The fourth-order valence-corrected chi connectivity index (χ4v) is 1.60. The molecular weight excluding hydrogens is 326 g/mol. The molecule has 2 amide bonds. The summed E-state index contributed by atoms with van der Waals surface area (Å²) in [5.74, 6) is -1.15. The molecule has 0 aliphatic rings. The molecule has 2 N–H and O–H groups in total. The Morgan fingerprint density at radius 1 is 1.47 bits per heavy atom. The van der Waals surface area contributed by atoms with Crippen molar-refractivity contribution in [1.29, 1.82) is 0 Å². The van der Waals surface area contributed by atoms with E-state index in [4.69, 9.17) is 5.11 Å². The number of hydrogen-bond donors (Lipinski definition) is 2. The molecule has 19 heavy (non-hydrogen) atoms. The van der Waals surface area contributed by atoms with E-state index in [0.29, 0.717) is 4.47 Å². The van der Waals surface area contributed by atoms with E-state index in [1.807, 2.05) is 0 Å². The lowest BCUT2D eigenvalue weighted by Crippen LogP contribution is -2.35. The number of carboxylic acid groups (broad SMARTS) is 1. The fraction of sp³-hybridized carbons (Fsp3) is 0.273. The van der Waals surface area contributed by atoms with Gasteiger partial charge in [-0.3, -0.25) is 0 Å². The Kier molecular flexibility index (Phi) is 5.22. The first-order chi connectivity index (χ1) is 8.81. The Hall–Kier alpha value is -1.70. The van der Waals surface area contributed by atoms with Crippen LogP contribution >= 0.6 is 15.9 Å². The molecular formula is C11H11BrF2N2O3. The summed E-state index contributed by atoms with van der Waals surface area (Å²) in [7, 11) is 1.22. The lowest BCUT2D eigenvalue weighted by atomic mass is 10.2. The normalized spacial score (nSPS) is 10.4. The van der Waals surface area contributed by atoms with Gasteiger partial charge in [0.05, 0.1) is 17.8 Å². The van der Waals surface area contributed by atoms with Crippen LogP contribution in [0, 0.1) is 0 Å². The monoisotopic (exact) mass is 336 g/mol. The van der Waals surface area contributed by atoms with Crippen molar-refractivity contribution in [1.82, 2.24) is 4.90 Å². The molecule has 1 aromatic carbocycles. The van der Waals surface area contributed by atoms with E-state index in [2.05, 4.69) is 21.2 Å². The molecule has 0 aromatic heterocycles. The first-order valence-corrected chi connectivity index (χ1v) is 5.93. The van der Waals surface area contributed by atoms with Crippen molar-refractivity contribution < 1.29 is 23.5 Å². The minimum absolute atomic E-state index is 0.0185. The SMILES string of the molecule is CN(CC(F)F)C(=O)Nc1cc(C(=O)O)ccc1Br. The van der Waals surface area contributed by atoms with Gasteiger partial charge in [-0.05, 0) is 34.1 Å². The van der Waals surface area contributed by atoms with Crippen LogP contribution in [0.25, 0.3) is 0 Å². The molecule has 1 rings (SSSR count). The van der Waals surface area contributed by atoms with Crippen molar-refractivity contribution in [3.05, 3.63) is 28.2 Å². The van der Waals surface area contributed by atoms with Crippen LogP contribution in [0.15, 0.2) is 22.7 Å². The molecule has 0 aliphatic carbocycles. The van der Waals surface area contributed by atoms with Crippen molar-refractivity contribution in [3.63, 3.8) is 0 Å². The third-order valence-corrected chi connectivity index (χ3v) is 2.90. The Balaban J connectivity index is 2.84. The summed E-state index contributed by atoms with van der Waals surface area (Å²) in [6.07, 6.45) is -2.63. The van der Waals surface area contributed by atoms with Crippen molar-refractivity contribution >= 4 is 33.6 Å². The first-order valence-electron chi connectivity index (χ1n) is 5.14. The molecule has 0 fully saturated rings. The zero-order chi connectivity index (χ0) is 14.6. The van der Waals surface area contributed by atoms with Gasteiger partial charge < -0.3 is 15.3 Å². The van der Waals surface area contributed by atoms with Crippen LogP contribution in [-0.2, 0) is 0 Å². The van der Waals surface area contributed by atoms with Gasteiger partial charge >= 0.3 is 12.0 Å².